The van der Waals surface area contributed by atoms with E-state index in [-0.39, 0.29) is 5.76 Å². The number of rotatable bonds is 6. The first-order chi connectivity index (χ1) is 9.49. The van der Waals surface area contributed by atoms with E-state index in [1.54, 1.807) is 6.07 Å². The number of furan rings is 1. The summed E-state index contributed by atoms with van der Waals surface area (Å²) in [5.74, 6) is -0.363. The van der Waals surface area contributed by atoms with Crippen LogP contribution in [0.2, 0.25) is 0 Å². The minimum Gasteiger partial charge on any atom is -0.475 e. The monoisotopic (exact) mass is 275 g/mol. The van der Waals surface area contributed by atoms with Gasteiger partial charge in [0.2, 0.25) is 5.76 Å². The van der Waals surface area contributed by atoms with Crippen molar-refractivity contribution in [3.05, 3.63) is 35.6 Å². The lowest BCUT2D eigenvalue weighted by Crippen LogP contribution is -2.23. The zero-order chi connectivity index (χ0) is 14.7. The third-order valence-corrected chi connectivity index (χ3v) is 3.56. The Morgan fingerprint density at radius 3 is 2.80 bits per heavy atom. The van der Waals surface area contributed by atoms with Crippen LogP contribution in [0.15, 0.2) is 28.7 Å². The number of carboxylic acids is 1. The molecule has 0 fully saturated rings. The van der Waals surface area contributed by atoms with Crippen molar-refractivity contribution in [2.75, 3.05) is 13.6 Å². The van der Waals surface area contributed by atoms with Crippen molar-refractivity contribution in [3.63, 3.8) is 0 Å². The first kappa shape index (κ1) is 14.6. The lowest BCUT2D eigenvalue weighted by molar-refractivity contribution is 0.0665. The van der Waals surface area contributed by atoms with Crippen molar-refractivity contribution in [2.45, 2.75) is 26.8 Å². The molecular formula is C16H21NO3. The molecule has 4 heteroatoms. The summed E-state index contributed by atoms with van der Waals surface area (Å²) < 4.78 is 5.26. The Hall–Kier alpha value is -1.81. The molecule has 0 amide bonds. The van der Waals surface area contributed by atoms with Gasteiger partial charge >= 0.3 is 5.97 Å². The van der Waals surface area contributed by atoms with Crippen molar-refractivity contribution in [1.29, 1.82) is 0 Å². The lowest BCUT2D eigenvalue weighted by atomic mass is 10.1. The van der Waals surface area contributed by atoms with Gasteiger partial charge < -0.3 is 14.4 Å². The van der Waals surface area contributed by atoms with Gasteiger partial charge in [-0.05, 0) is 36.7 Å². The van der Waals surface area contributed by atoms with E-state index >= 15 is 0 Å². The summed E-state index contributed by atoms with van der Waals surface area (Å²) in [6.07, 6.45) is 1.17. The van der Waals surface area contributed by atoms with Gasteiger partial charge in [-0.25, -0.2) is 4.79 Å². The summed E-state index contributed by atoms with van der Waals surface area (Å²) in [5.41, 5.74) is 1.79. The van der Waals surface area contributed by atoms with Gasteiger partial charge in [0.15, 0.2) is 0 Å². The molecule has 0 spiro atoms. The fraction of sp³-hybridized carbons (Fsp3) is 0.438. The molecule has 1 aromatic heterocycles. The molecule has 2 aromatic rings. The van der Waals surface area contributed by atoms with Crippen molar-refractivity contribution in [1.82, 2.24) is 4.90 Å². The fourth-order valence-electron chi connectivity index (χ4n) is 2.33. The van der Waals surface area contributed by atoms with Crippen LogP contribution in [0.3, 0.4) is 0 Å². The highest BCUT2D eigenvalue weighted by Crippen LogP contribution is 2.21. The number of aromatic carboxylic acids is 1. The van der Waals surface area contributed by atoms with Crippen LogP contribution in [0.25, 0.3) is 11.0 Å². The SMILES string of the molecule is CCC(C)CN(C)Cc1ccc2oc(C(=O)O)cc2c1. The van der Waals surface area contributed by atoms with Gasteiger partial charge in [-0.1, -0.05) is 26.3 Å². The van der Waals surface area contributed by atoms with E-state index < -0.39 is 5.97 Å². The summed E-state index contributed by atoms with van der Waals surface area (Å²) >= 11 is 0. The summed E-state index contributed by atoms with van der Waals surface area (Å²) in [4.78, 5) is 13.2. The molecule has 0 aliphatic heterocycles. The molecule has 0 aliphatic rings. The highest BCUT2D eigenvalue weighted by molar-refractivity contribution is 5.91. The molecule has 0 saturated heterocycles. The first-order valence-corrected chi connectivity index (χ1v) is 6.94. The predicted octanol–water partition coefficient (Wildman–Crippen LogP) is 3.61. The highest BCUT2D eigenvalue weighted by atomic mass is 16.4. The average Bonchev–Trinajstić information content (AvgIpc) is 2.81. The lowest BCUT2D eigenvalue weighted by Gasteiger charge is -2.20. The van der Waals surface area contributed by atoms with Crippen LogP contribution in [0.5, 0.6) is 0 Å². The highest BCUT2D eigenvalue weighted by Gasteiger charge is 2.11. The quantitative estimate of drug-likeness (QED) is 0.875. The number of hydrogen-bond donors (Lipinski definition) is 1. The predicted molar refractivity (Wildman–Crippen MR) is 79.0 cm³/mol. The maximum atomic E-state index is 10.9. The molecule has 0 radical (unpaired) electrons. The number of benzene rings is 1. The Bertz CT molecular complexity index is 603. The molecule has 0 aliphatic carbocycles. The second kappa shape index (κ2) is 6.09. The molecule has 1 N–H and O–H groups in total. The van der Waals surface area contributed by atoms with E-state index in [4.69, 9.17) is 9.52 Å². The summed E-state index contributed by atoms with van der Waals surface area (Å²) in [6, 6.07) is 7.41. The van der Waals surface area contributed by atoms with Crippen LogP contribution < -0.4 is 0 Å². The van der Waals surface area contributed by atoms with Crippen LogP contribution in [0, 0.1) is 5.92 Å². The zero-order valence-electron chi connectivity index (χ0n) is 12.2. The van der Waals surface area contributed by atoms with Gasteiger partial charge in [-0.15, -0.1) is 0 Å². The topological polar surface area (TPSA) is 53.7 Å². The Labute approximate surface area is 119 Å². The largest absolute Gasteiger partial charge is 0.475 e. The summed E-state index contributed by atoms with van der Waals surface area (Å²) in [6.45, 7) is 6.35. The Balaban J connectivity index is 2.13. The van der Waals surface area contributed by atoms with Gasteiger partial charge in [0.1, 0.15) is 5.58 Å². The number of carbonyl (C=O) groups is 1. The molecule has 0 bridgehead atoms. The Kier molecular flexibility index (Phi) is 4.45. The van der Waals surface area contributed by atoms with Gasteiger partial charge in [0.05, 0.1) is 0 Å². The van der Waals surface area contributed by atoms with Crippen LogP contribution in [0.4, 0.5) is 0 Å². The second-order valence-electron chi connectivity index (χ2n) is 5.50. The van der Waals surface area contributed by atoms with Crippen LogP contribution in [-0.4, -0.2) is 29.6 Å². The molecule has 1 unspecified atom stereocenters. The molecule has 0 saturated carbocycles. The third-order valence-electron chi connectivity index (χ3n) is 3.56. The fourth-order valence-corrected chi connectivity index (χ4v) is 2.33. The number of nitrogens with zero attached hydrogens (tertiary/aromatic N) is 1. The van der Waals surface area contributed by atoms with E-state index in [2.05, 4.69) is 25.8 Å². The van der Waals surface area contributed by atoms with Gasteiger partial charge in [-0.3, -0.25) is 0 Å². The van der Waals surface area contributed by atoms with E-state index in [1.807, 2.05) is 18.2 Å². The Morgan fingerprint density at radius 1 is 1.40 bits per heavy atom. The molecule has 1 atom stereocenters. The van der Waals surface area contributed by atoms with E-state index in [1.165, 1.54) is 12.0 Å². The number of fused-ring (bicyclic) bond motifs is 1. The minimum atomic E-state index is -1.03. The van der Waals surface area contributed by atoms with Crippen molar-refractivity contribution in [2.24, 2.45) is 5.92 Å². The molecule has 108 valence electrons. The molecule has 4 nitrogen and oxygen atoms in total. The van der Waals surface area contributed by atoms with Gasteiger partial charge in [-0.2, -0.15) is 0 Å². The Morgan fingerprint density at radius 2 is 2.15 bits per heavy atom. The minimum absolute atomic E-state index is 0.00916. The van der Waals surface area contributed by atoms with Crippen molar-refractivity contribution in [3.8, 4) is 0 Å². The normalized spacial score (nSPS) is 13.0. The van der Waals surface area contributed by atoms with Crippen LogP contribution in [-0.2, 0) is 6.54 Å². The third kappa shape index (κ3) is 3.39. The zero-order valence-corrected chi connectivity index (χ0v) is 12.2. The van der Waals surface area contributed by atoms with Gasteiger partial charge in [0, 0.05) is 18.5 Å². The maximum Gasteiger partial charge on any atom is 0.371 e. The smallest absolute Gasteiger partial charge is 0.371 e. The summed E-state index contributed by atoms with van der Waals surface area (Å²) in [7, 11) is 2.11. The van der Waals surface area contributed by atoms with E-state index in [0.717, 1.165) is 18.5 Å². The van der Waals surface area contributed by atoms with Crippen molar-refractivity contribution < 1.29 is 14.3 Å². The standard InChI is InChI=1S/C16H21NO3/c1-4-11(2)9-17(3)10-12-5-6-14-13(7-12)8-15(20-14)16(18)19/h5-8,11H,4,9-10H2,1-3H3,(H,18,19). The van der Waals surface area contributed by atoms with Crippen molar-refractivity contribution >= 4 is 16.9 Å². The van der Waals surface area contributed by atoms with E-state index in [0.29, 0.717) is 11.5 Å². The number of carboxylic acid groups (broad SMARTS) is 1. The first-order valence-electron chi connectivity index (χ1n) is 6.94. The average molecular weight is 275 g/mol. The number of hydrogen-bond acceptors (Lipinski definition) is 3. The van der Waals surface area contributed by atoms with E-state index in [9.17, 15) is 4.79 Å². The molecule has 1 heterocycles. The summed E-state index contributed by atoms with van der Waals surface area (Å²) in [5, 5.41) is 9.77. The van der Waals surface area contributed by atoms with Crippen LogP contribution in [0.1, 0.15) is 36.4 Å². The molecular weight excluding hydrogens is 254 g/mol. The molecule has 2 rings (SSSR count). The molecule has 1 aromatic carbocycles. The van der Waals surface area contributed by atoms with Crippen LogP contribution >= 0.6 is 0 Å². The molecule has 20 heavy (non-hydrogen) atoms. The second-order valence-corrected chi connectivity index (χ2v) is 5.50. The van der Waals surface area contributed by atoms with Gasteiger partial charge in [0.25, 0.3) is 0 Å². The maximum absolute atomic E-state index is 10.9.